The third-order valence-corrected chi connectivity index (χ3v) is 5.58. The van der Waals surface area contributed by atoms with Crippen LogP contribution in [0, 0.1) is 13.8 Å². The molecule has 0 amide bonds. The van der Waals surface area contributed by atoms with Crippen molar-refractivity contribution in [2.45, 2.75) is 39.5 Å². The number of rotatable bonds is 2. The van der Waals surface area contributed by atoms with Crippen LogP contribution in [-0.2, 0) is 12.8 Å². The van der Waals surface area contributed by atoms with E-state index in [4.69, 9.17) is 10.2 Å². The van der Waals surface area contributed by atoms with Gasteiger partial charge in [-0.15, -0.1) is 11.3 Å². The van der Waals surface area contributed by atoms with Crippen molar-refractivity contribution < 1.29 is 9.21 Å². The minimum Gasteiger partial charge on any atom is -0.450 e. The number of hydrogen-bond donors (Lipinski definition) is 1. The van der Waals surface area contributed by atoms with Gasteiger partial charge in [-0.3, -0.25) is 4.79 Å². The first-order valence-corrected chi connectivity index (χ1v) is 8.68. The number of nitrogens with zero attached hydrogens (tertiary/aromatic N) is 1. The van der Waals surface area contributed by atoms with Gasteiger partial charge in [-0.25, -0.2) is 4.98 Å². The molecule has 1 aliphatic rings. The van der Waals surface area contributed by atoms with Gasteiger partial charge in [0.25, 0.3) is 0 Å². The monoisotopic (exact) mass is 326 g/mol. The summed E-state index contributed by atoms with van der Waals surface area (Å²) in [7, 11) is 0. The van der Waals surface area contributed by atoms with Crippen molar-refractivity contribution in [3.05, 3.63) is 44.6 Å². The van der Waals surface area contributed by atoms with Gasteiger partial charge in [-0.1, -0.05) is 0 Å². The molecule has 2 N–H and O–H groups in total. The number of furan rings is 1. The van der Waals surface area contributed by atoms with Crippen LogP contribution < -0.4 is 5.73 Å². The average molecular weight is 326 g/mol. The van der Waals surface area contributed by atoms with Crippen molar-refractivity contribution in [1.82, 2.24) is 4.98 Å². The Morgan fingerprint density at radius 1 is 1.22 bits per heavy atom. The second-order valence-corrected chi connectivity index (χ2v) is 7.35. The second-order valence-electron chi connectivity index (χ2n) is 6.15. The SMILES string of the molecule is Cc1nc(C)c(C(=O)c2oc3cc4c(cc3c2N)CCCC4)s1. The van der Waals surface area contributed by atoms with Gasteiger partial charge in [0.05, 0.1) is 16.4 Å². The number of nitrogen functional groups attached to an aromatic ring is 1. The highest BCUT2D eigenvalue weighted by atomic mass is 32.1. The summed E-state index contributed by atoms with van der Waals surface area (Å²) < 4.78 is 5.85. The van der Waals surface area contributed by atoms with Crippen LogP contribution in [0.25, 0.3) is 11.0 Å². The number of ketones is 1. The van der Waals surface area contributed by atoms with E-state index in [1.165, 1.54) is 35.3 Å². The Bertz CT molecular complexity index is 936. The fourth-order valence-electron chi connectivity index (χ4n) is 3.36. The Kier molecular flexibility index (Phi) is 3.27. The molecule has 0 fully saturated rings. The predicted octanol–water partition coefficient (Wildman–Crippen LogP) is 4.20. The number of nitrogens with two attached hydrogens (primary N) is 1. The van der Waals surface area contributed by atoms with Crippen LogP contribution in [0.4, 0.5) is 5.69 Å². The largest absolute Gasteiger partial charge is 0.450 e. The Hall–Kier alpha value is -2.14. The lowest BCUT2D eigenvalue weighted by Crippen LogP contribution is -2.03. The van der Waals surface area contributed by atoms with Gasteiger partial charge in [0.2, 0.25) is 5.78 Å². The summed E-state index contributed by atoms with van der Waals surface area (Å²) in [5.74, 6) is 0.0777. The first kappa shape index (κ1) is 14.5. The Morgan fingerprint density at radius 3 is 2.57 bits per heavy atom. The number of aromatic nitrogens is 1. The minimum absolute atomic E-state index is 0.167. The van der Waals surface area contributed by atoms with Crippen LogP contribution in [-0.4, -0.2) is 10.8 Å². The van der Waals surface area contributed by atoms with E-state index in [2.05, 4.69) is 17.1 Å². The number of anilines is 1. The van der Waals surface area contributed by atoms with Crippen LogP contribution in [0.2, 0.25) is 0 Å². The summed E-state index contributed by atoms with van der Waals surface area (Å²) in [5, 5.41) is 1.73. The Morgan fingerprint density at radius 2 is 1.91 bits per heavy atom. The van der Waals surface area contributed by atoms with E-state index in [1.807, 2.05) is 13.8 Å². The van der Waals surface area contributed by atoms with Crippen molar-refractivity contribution in [1.29, 1.82) is 0 Å². The van der Waals surface area contributed by atoms with E-state index in [-0.39, 0.29) is 11.5 Å². The molecular weight excluding hydrogens is 308 g/mol. The maximum Gasteiger partial charge on any atom is 0.242 e. The van der Waals surface area contributed by atoms with Crippen molar-refractivity contribution in [2.24, 2.45) is 0 Å². The number of hydrogen-bond acceptors (Lipinski definition) is 5. The number of fused-ring (bicyclic) bond motifs is 2. The Labute approximate surface area is 138 Å². The molecule has 2 aromatic heterocycles. The number of aryl methyl sites for hydroxylation is 4. The van der Waals surface area contributed by atoms with Gasteiger partial charge >= 0.3 is 0 Å². The van der Waals surface area contributed by atoms with Crippen LogP contribution in [0.3, 0.4) is 0 Å². The molecule has 0 atom stereocenters. The molecule has 1 aromatic carbocycles. The van der Waals surface area contributed by atoms with Gasteiger partial charge in [-0.05, 0) is 62.8 Å². The molecule has 4 rings (SSSR count). The first-order valence-electron chi connectivity index (χ1n) is 7.87. The predicted molar refractivity (Wildman–Crippen MR) is 92.3 cm³/mol. The summed E-state index contributed by atoms with van der Waals surface area (Å²) in [6.45, 7) is 3.73. The summed E-state index contributed by atoms with van der Waals surface area (Å²) in [5.41, 5.74) is 10.8. The summed E-state index contributed by atoms with van der Waals surface area (Å²) >= 11 is 1.39. The third-order valence-electron chi connectivity index (χ3n) is 4.51. The zero-order valence-corrected chi connectivity index (χ0v) is 14.0. The van der Waals surface area contributed by atoms with Crippen molar-refractivity contribution in [2.75, 3.05) is 5.73 Å². The Balaban J connectivity index is 1.86. The summed E-state index contributed by atoms with van der Waals surface area (Å²) in [6, 6.07) is 4.16. The van der Waals surface area contributed by atoms with E-state index < -0.39 is 0 Å². The molecule has 0 radical (unpaired) electrons. The van der Waals surface area contributed by atoms with Gasteiger partial charge in [0.1, 0.15) is 10.5 Å². The highest BCUT2D eigenvalue weighted by Crippen LogP contribution is 2.35. The molecule has 23 heavy (non-hydrogen) atoms. The maximum absolute atomic E-state index is 12.8. The van der Waals surface area contributed by atoms with Crippen LogP contribution in [0.15, 0.2) is 16.5 Å². The standard InChI is InChI=1S/C18H18N2O2S/c1-9-18(23-10(2)20-9)16(21)17-15(19)13-7-11-5-3-4-6-12(11)8-14(13)22-17/h7-8H,3-6,19H2,1-2H3. The highest BCUT2D eigenvalue weighted by molar-refractivity contribution is 7.14. The summed E-state index contributed by atoms with van der Waals surface area (Å²) in [4.78, 5) is 17.7. The topological polar surface area (TPSA) is 69.1 Å². The van der Waals surface area contributed by atoms with Crippen LogP contribution in [0.5, 0.6) is 0 Å². The molecule has 4 nitrogen and oxygen atoms in total. The maximum atomic E-state index is 12.8. The molecule has 0 saturated carbocycles. The summed E-state index contributed by atoms with van der Waals surface area (Å²) in [6.07, 6.45) is 4.57. The minimum atomic E-state index is -0.167. The molecule has 0 bridgehead atoms. The number of carbonyl (C=O) groups is 1. The third kappa shape index (κ3) is 2.27. The second kappa shape index (κ2) is 5.20. The van der Waals surface area contributed by atoms with Gasteiger partial charge < -0.3 is 10.2 Å². The van der Waals surface area contributed by atoms with E-state index in [0.717, 1.165) is 28.9 Å². The smallest absolute Gasteiger partial charge is 0.242 e. The molecule has 0 saturated heterocycles. The molecule has 118 valence electrons. The zero-order chi connectivity index (χ0) is 16.1. The fraction of sp³-hybridized carbons (Fsp3) is 0.333. The van der Waals surface area contributed by atoms with Crippen LogP contribution in [0.1, 0.15) is 50.1 Å². The normalized spacial score (nSPS) is 14.2. The van der Waals surface area contributed by atoms with E-state index in [0.29, 0.717) is 16.1 Å². The van der Waals surface area contributed by atoms with E-state index >= 15 is 0 Å². The average Bonchev–Trinajstić information content (AvgIpc) is 3.04. The van der Waals surface area contributed by atoms with Crippen LogP contribution >= 0.6 is 11.3 Å². The van der Waals surface area contributed by atoms with Crippen molar-refractivity contribution in [3.63, 3.8) is 0 Å². The lowest BCUT2D eigenvalue weighted by Gasteiger charge is -2.14. The number of benzene rings is 1. The molecule has 3 aromatic rings. The lowest BCUT2D eigenvalue weighted by atomic mass is 9.90. The van der Waals surface area contributed by atoms with Gasteiger partial charge in [0, 0.05) is 5.39 Å². The van der Waals surface area contributed by atoms with E-state index in [9.17, 15) is 4.79 Å². The number of thiazole rings is 1. The van der Waals surface area contributed by atoms with Crippen molar-refractivity contribution >= 4 is 33.8 Å². The quantitative estimate of drug-likeness (QED) is 0.717. The van der Waals surface area contributed by atoms with Gasteiger partial charge in [0.15, 0.2) is 5.76 Å². The molecule has 0 spiro atoms. The molecule has 0 unspecified atom stereocenters. The molecule has 2 heterocycles. The van der Waals surface area contributed by atoms with Gasteiger partial charge in [-0.2, -0.15) is 0 Å². The molecule has 1 aliphatic carbocycles. The fourth-order valence-corrected chi connectivity index (χ4v) is 4.22. The number of carbonyl (C=O) groups excluding carboxylic acids is 1. The van der Waals surface area contributed by atoms with Crippen molar-refractivity contribution in [3.8, 4) is 0 Å². The molecular formula is C18H18N2O2S. The first-order chi connectivity index (χ1) is 11.0. The zero-order valence-electron chi connectivity index (χ0n) is 13.2. The molecule has 5 heteroatoms. The highest BCUT2D eigenvalue weighted by Gasteiger charge is 2.25. The molecule has 0 aliphatic heterocycles. The van der Waals surface area contributed by atoms with E-state index in [1.54, 1.807) is 0 Å². The lowest BCUT2D eigenvalue weighted by molar-refractivity contribution is 0.101.